The smallest absolute Gasteiger partial charge is 0.404 e. The van der Waals surface area contributed by atoms with Gasteiger partial charge in [0, 0.05) is 64.3 Å². The van der Waals surface area contributed by atoms with Crippen LogP contribution in [0.15, 0.2) is 24.3 Å². The van der Waals surface area contributed by atoms with Gasteiger partial charge in [-0.3, -0.25) is 28.9 Å². The molecule has 1 aromatic rings. The first kappa shape index (κ1) is 42.8. The van der Waals surface area contributed by atoms with E-state index in [-0.39, 0.29) is 82.3 Å². The Morgan fingerprint density at radius 2 is 1.65 bits per heavy atom. The summed E-state index contributed by atoms with van der Waals surface area (Å²) < 4.78 is 4.69. The summed E-state index contributed by atoms with van der Waals surface area (Å²) in [6.07, 6.45) is 2.03. The molecule has 0 aromatic heterocycles. The number of ether oxygens (including phenoxy) is 1. The Morgan fingerprint density at radius 3 is 2.15 bits per heavy atom. The number of nitrogens with zero attached hydrogens (tertiary/aromatic N) is 1. The van der Waals surface area contributed by atoms with Gasteiger partial charge >= 0.3 is 12.1 Å². The van der Waals surface area contributed by atoms with Crippen LogP contribution in [0, 0.1) is 5.92 Å². The van der Waals surface area contributed by atoms with Crippen molar-refractivity contribution >= 4 is 60.0 Å². The van der Waals surface area contributed by atoms with Crippen LogP contribution >= 0.6 is 0 Å². The molecule has 253 valence electrons. The molecule has 0 spiro atoms. The Kier molecular flexibility index (Phi) is 21.5. The van der Waals surface area contributed by atoms with Crippen LogP contribution in [0.2, 0.25) is 0 Å². The maximum absolute atomic E-state index is 12.6. The van der Waals surface area contributed by atoms with E-state index in [1.165, 1.54) is 4.90 Å². The Morgan fingerprint density at radius 1 is 1.00 bits per heavy atom. The number of imide groups is 1. The van der Waals surface area contributed by atoms with E-state index in [0.29, 0.717) is 43.6 Å². The van der Waals surface area contributed by atoms with Crippen LogP contribution in [0.1, 0.15) is 64.9 Å². The van der Waals surface area contributed by atoms with Gasteiger partial charge in [-0.1, -0.05) is 44.6 Å². The van der Waals surface area contributed by atoms with Gasteiger partial charge in [0.25, 0.3) is 0 Å². The summed E-state index contributed by atoms with van der Waals surface area (Å²) in [6, 6.07) is 5.29. The fraction of sp³-hybridized carbons (Fsp3) is 0.552. The van der Waals surface area contributed by atoms with Crippen molar-refractivity contribution in [2.45, 2.75) is 77.2 Å². The number of benzene rings is 1. The maximum Gasteiger partial charge on any atom is 0.404 e. The van der Waals surface area contributed by atoms with E-state index in [0.717, 1.165) is 6.42 Å². The molecule has 17 heteroatoms. The fourth-order valence-corrected chi connectivity index (χ4v) is 4.24. The van der Waals surface area contributed by atoms with E-state index >= 15 is 0 Å². The van der Waals surface area contributed by atoms with Crippen LogP contribution in [0.3, 0.4) is 0 Å². The first-order valence-electron chi connectivity index (χ1n) is 14.7. The third-order valence-electron chi connectivity index (χ3n) is 6.34. The second-order valence-electron chi connectivity index (χ2n) is 10.5. The monoisotopic (exact) mass is 739 g/mol. The standard InChI is InChI=1S/C25H35N5O7S.C4H10N2O.Y/c1-15(2)22(29-19(31)6-4-3-5-11-30-21(33)12-18(38)24(30)35)23(34)27-13-20(32)28-17-9-7-16(8-10-17)14-37-25(26)36;1-2-3-6-4(5)7;/h7-10,15,18,22,38H,3-6,11-14H2,1-2H3,(H2,26,36)(H,27,34)(H,28,32)(H,29,31);2-3H2,1H3,(H3,5,6,7);/p-1. The summed E-state index contributed by atoms with van der Waals surface area (Å²) in [5.74, 6) is -2.03. The van der Waals surface area contributed by atoms with Gasteiger partial charge in [0.1, 0.15) is 12.6 Å². The minimum absolute atomic E-state index is 0. The van der Waals surface area contributed by atoms with Crippen molar-refractivity contribution in [2.75, 3.05) is 25.0 Å². The van der Waals surface area contributed by atoms with Crippen molar-refractivity contribution in [1.82, 2.24) is 20.9 Å². The summed E-state index contributed by atoms with van der Waals surface area (Å²) in [7, 11) is 0. The van der Waals surface area contributed by atoms with E-state index in [9.17, 15) is 33.6 Å². The molecule has 15 nitrogen and oxygen atoms in total. The summed E-state index contributed by atoms with van der Waals surface area (Å²) >= 11 is 4.94. The first-order chi connectivity index (χ1) is 21.2. The molecule has 1 saturated heterocycles. The maximum atomic E-state index is 12.6. The molecule has 2 atom stereocenters. The van der Waals surface area contributed by atoms with E-state index in [1.807, 2.05) is 6.92 Å². The molecule has 0 saturated carbocycles. The predicted octanol–water partition coefficient (Wildman–Crippen LogP) is 0.774. The minimum Gasteiger partial charge on any atom is -0.779 e. The Hall–Kier alpha value is -3.24. The molecule has 8 amide bonds. The Bertz CT molecular complexity index is 1190. The molecule has 1 fully saturated rings. The SMILES string of the molecule is CC(C)C(NC(=O)CCCCCN1C(=O)CC([S-])C1=O)C(=O)NCC(=O)Nc1ccc(COC(N)=O)cc1.CCCNC(N)=O.[Y]. The average Bonchev–Trinajstić information content (AvgIpc) is 3.22. The van der Waals surface area contributed by atoms with E-state index in [2.05, 4.69) is 21.3 Å². The zero-order valence-electron chi connectivity index (χ0n) is 26.5. The number of likely N-dealkylation sites (tertiary alicyclic amines) is 1. The molecular formula is C29H44N7O8SY-. The predicted molar refractivity (Wildman–Crippen MR) is 168 cm³/mol. The molecule has 2 rings (SSSR count). The third-order valence-corrected chi connectivity index (χ3v) is 6.71. The van der Waals surface area contributed by atoms with Crippen LogP contribution in [0.25, 0.3) is 0 Å². The fourth-order valence-electron chi connectivity index (χ4n) is 3.97. The number of hydrogen-bond donors (Lipinski definition) is 6. The van der Waals surface area contributed by atoms with Gasteiger partial charge in [-0.25, -0.2) is 9.59 Å². The molecule has 1 radical (unpaired) electrons. The van der Waals surface area contributed by atoms with Crippen LogP contribution in [0.4, 0.5) is 15.3 Å². The van der Waals surface area contributed by atoms with Gasteiger partial charge in [0.15, 0.2) is 0 Å². The largest absolute Gasteiger partial charge is 0.779 e. The average molecular weight is 740 g/mol. The number of anilines is 1. The third kappa shape index (κ3) is 17.5. The number of primary amides is 2. The van der Waals surface area contributed by atoms with Gasteiger partial charge in [0.2, 0.25) is 29.5 Å². The molecule has 2 unspecified atom stereocenters. The number of nitrogens with one attached hydrogen (secondary N) is 4. The Labute approximate surface area is 299 Å². The van der Waals surface area contributed by atoms with Crippen LogP contribution in [-0.4, -0.2) is 77.5 Å². The van der Waals surface area contributed by atoms with Crippen molar-refractivity contribution in [3.63, 3.8) is 0 Å². The molecule has 1 heterocycles. The zero-order valence-corrected chi connectivity index (χ0v) is 30.1. The molecule has 0 bridgehead atoms. The van der Waals surface area contributed by atoms with Gasteiger partial charge in [-0.05, 0) is 42.9 Å². The number of nitrogens with two attached hydrogens (primary N) is 2. The number of carbonyl (C=O) groups excluding carboxylic acids is 7. The normalized spacial score (nSPS) is 14.3. The van der Waals surface area contributed by atoms with Crippen molar-refractivity contribution in [3.05, 3.63) is 29.8 Å². The number of hydrogen-bond acceptors (Lipinski definition) is 9. The topological polar surface area (TPSA) is 232 Å². The molecule has 0 aliphatic carbocycles. The Balaban J connectivity index is 0.00000226. The summed E-state index contributed by atoms with van der Waals surface area (Å²) in [4.78, 5) is 82.5. The second-order valence-corrected chi connectivity index (χ2v) is 11.1. The van der Waals surface area contributed by atoms with Crippen LogP contribution < -0.4 is 32.7 Å². The first-order valence-corrected chi connectivity index (χ1v) is 15.1. The molecule has 1 aliphatic rings. The van der Waals surface area contributed by atoms with E-state index < -0.39 is 35.2 Å². The molecule has 46 heavy (non-hydrogen) atoms. The summed E-state index contributed by atoms with van der Waals surface area (Å²) in [6.45, 7) is 6.22. The van der Waals surface area contributed by atoms with Crippen molar-refractivity contribution in [2.24, 2.45) is 17.4 Å². The number of carbonyl (C=O) groups is 7. The number of unbranched alkanes of at least 4 members (excludes halogenated alkanes) is 2. The second kappa shape index (κ2) is 23.1. The number of amides is 8. The van der Waals surface area contributed by atoms with Crippen LogP contribution in [-0.2, 0) is 80.7 Å². The van der Waals surface area contributed by atoms with Gasteiger partial charge in [0.05, 0.1) is 6.54 Å². The minimum atomic E-state index is -0.883. The number of rotatable bonds is 16. The van der Waals surface area contributed by atoms with Crippen molar-refractivity contribution < 1.29 is 71.0 Å². The van der Waals surface area contributed by atoms with E-state index in [4.69, 9.17) is 28.8 Å². The summed E-state index contributed by atoms with van der Waals surface area (Å²) in [5.41, 5.74) is 10.8. The van der Waals surface area contributed by atoms with E-state index in [1.54, 1.807) is 38.1 Å². The molecule has 1 aliphatic heterocycles. The van der Waals surface area contributed by atoms with Crippen molar-refractivity contribution in [1.29, 1.82) is 0 Å². The number of urea groups is 1. The van der Waals surface area contributed by atoms with Gasteiger partial charge < -0.3 is 50.1 Å². The quantitative estimate of drug-likeness (QED) is 0.0798. The molecule has 8 N–H and O–H groups in total. The van der Waals surface area contributed by atoms with Crippen LogP contribution in [0.5, 0.6) is 0 Å². The summed E-state index contributed by atoms with van der Waals surface area (Å²) in [5, 5.41) is 9.64. The zero-order chi connectivity index (χ0) is 33.9. The van der Waals surface area contributed by atoms with Gasteiger partial charge in [-0.15, -0.1) is 0 Å². The van der Waals surface area contributed by atoms with Crippen molar-refractivity contribution in [3.8, 4) is 0 Å². The molecular weight excluding hydrogens is 695 g/mol. The molecule has 1 aromatic carbocycles. The van der Waals surface area contributed by atoms with Gasteiger partial charge in [-0.2, -0.15) is 0 Å².